The molecule has 1 heterocycles. The third kappa shape index (κ3) is 4.70. The van der Waals surface area contributed by atoms with Crippen molar-refractivity contribution in [2.24, 2.45) is 0 Å². The maximum Gasteiger partial charge on any atom is 0.261 e. The van der Waals surface area contributed by atoms with Gasteiger partial charge in [-0.1, -0.05) is 6.92 Å². The number of hydrogen-bond acceptors (Lipinski definition) is 5. The molecule has 0 aromatic heterocycles. The van der Waals surface area contributed by atoms with E-state index in [1.54, 1.807) is 38.5 Å². The van der Waals surface area contributed by atoms with Crippen molar-refractivity contribution in [3.8, 4) is 17.2 Å². The summed E-state index contributed by atoms with van der Waals surface area (Å²) in [5.74, 6) is 2.02. The van der Waals surface area contributed by atoms with Crippen LogP contribution < -0.4 is 14.2 Å². The number of benzene rings is 2. The Kier molecular flexibility index (Phi) is 6.75. The lowest BCUT2D eigenvalue weighted by atomic mass is 10.0. The van der Waals surface area contributed by atoms with Gasteiger partial charge in [-0.05, 0) is 49.2 Å². The first kappa shape index (κ1) is 20.7. The number of carbonyl (C=O) groups is 2. The highest BCUT2D eigenvalue weighted by atomic mass is 16.5. The quantitative estimate of drug-likeness (QED) is 0.629. The maximum absolute atomic E-state index is 12.8. The van der Waals surface area contributed by atoms with Gasteiger partial charge in [-0.15, -0.1) is 0 Å². The van der Waals surface area contributed by atoms with E-state index in [2.05, 4.69) is 0 Å². The first-order valence-electron chi connectivity index (χ1n) is 9.84. The molecule has 1 saturated heterocycles. The zero-order chi connectivity index (χ0) is 20.8. The van der Waals surface area contributed by atoms with E-state index < -0.39 is 0 Å². The fraction of sp³-hybridized carbons (Fsp3) is 0.391. The van der Waals surface area contributed by atoms with Crippen LogP contribution >= 0.6 is 0 Å². The van der Waals surface area contributed by atoms with Crippen molar-refractivity contribution in [2.45, 2.75) is 32.2 Å². The molecular formula is C23H27NO5. The molecule has 0 bridgehead atoms. The van der Waals surface area contributed by atoms with E-state index in [1.165, 1.54) is 0 Å². The number of methoxy groups -OCH3 is 2. The van der Waals surface area contributed by atoms with E-state index in [1.807, 2.05) is 30.0 Å². The van der Waals surface area contributed by atoms with Crippen LogP contribution in [-0.2, 0) is 4.79 Å². The molecule has 0 spiro atoms. The lowest BCUT2D eigenvalue weighted by molar-refractivity contribution is -0.134. The summed E-state index contributed by atoms with van der Waals surface area (Å²) in [6, 6.07) is 12.5. The number of hydrogen-bond donors (Lipinski definition) is 0. The molecule has 1 aliphatic rings. The van der Waals surface area contributed by atoms with Gasteiger partial charge < -0.3 is 19.1 Å². The van der Waals surface area contributed by atoms with Gasteiger partial charge >= 0.3 is 0 Å². The van der Waals surface area contributed by atoms with Crippen LogP contribution in [0.25, 0.3) is 0 Å². The average Bonchev–Trinajstić information content (AvgIpc) is 3.26. The maximum atomic E-state index is 12.8. The average molecular weight is 397 g/mol. The van der Waals surface area contributed by atoms with Gasteiger partial charge in [0.15, 0.2) is 12.4 Å². The molecule has 3 rings (SSSR count). The number of ether oxygens (including phenoxy) is 3. The van der Waals surface area contributed by atoms with Gasteiger partial charge in [0.1, 0.15) is 17.2 Å². The zero-order valence-electron chi connectivity index (χ0n) is 17.1. The Morgan fingerprint density at radius 3 is 2.41 bits per heavy atom. The SMILES string of the molecule is CCC(=O)c1ccc(OCC(=O)N2CCC[C@@H]2c2ccc(OC)cc2OC)cc1. The van der Waals surface area contributed by atoms with E-state index >= 15 is 0 Å². The molecule has 6 heteroatoms. The third-order valence-corrected chi connectivity index (χ3v) is 5.23. The molecule has 0 unspecified atom stereocenters. The van der Waals surface area contributed by atoms with E-state index in [0.717, 1.165) is 24.2 Å². The Bertz CT molecular complexity index is 862. The summed E-state index contributed by atoms with van der Waals surface area (Å²) in [5, 5.41) is 0. The minimum absolute atomic E-state index is 0.0449. The first-order valence-corrected chi connectivity index (χ1v) is 9.84. The Morgan fingerprint density at radius 2 is 1.76 bits per heavy atom. The molecule has 0 aliphatic carbocycles. The summed E-state index contributed by atoms with van der Waals surface area (Å²) in [6.07, 6.45) is 2.27. The van der Waals surface area contributed by atoms with E-state index in [-0.39, 0.29) is 24.3 Å². The van der Waals surface area contributed by atoms with Gasteiger partial charge in [-0.2, -0.15) is 0 Å². The van der Waals surface area contributed by atoms with Crippen molar-refractivity contribution < 1.29 is 23.8 Å². The zero-order valence-corrected chi connectivity index (χ0v) is 17.1. The molecule has 1 aliphatic heterocycles. The number of nitrogens with zero attached hydrogens (tertiary/aromatic N) is 1. The van der Waals surface area contributed by atoms with Crippen molar-refractivity contribution in [1.82, 2.24) is 4.90 Å². The molecular weight excluding hydrogens is 370 g/mol. The van der Waals surface area contributed by atoms with Crippen LogP contribution in [0.3, 0.4) is 0 Å². The predicted molar refractivity (Wildman–Crippen MR) is 110 cm³/mol. The van der Waals surface area contributed by atoms with Gasteiger partial charge in [0.2, 0.25) is 0 Å². The number of likely N-dealkylation sites (tertiary alicyclic amines) is 1. The van der Waals surface area contributed by atoms with Crippen LogP contribution in [0.4, 0.5) is 0 Å². The fourth-order valence-electron chi connectivity index (χ4n) is 3.65. The summed E-state index contributed by atoms with van der Waals surface area (Å²) in [6.45, 7) is 2.47. The van der Waals surface area contributed by atoms with Gasteiger partial charge in [0.05, 0.1) is 20.3 Å². The highest BCUT2D eigenvalue weighted by molar-refractivity contribution is 5.95. The molecule has 1 amide bonds. The highest BCUT2D eigenvalue weighted by Crippen LogP contribution is 2.38. The topological polar surface area (TPSA) is 65.1 Å². The van der Waals surface area contributed by atoms with Crippen LogP contribution in [-0.4, -0.2) is 44.0 Å². The molecule has 1 fully saturated rings. The van der Waals surface area contributed by atoms with Crippen LogP contribution in [0.15, 0.2) is 42.5 Å². The van der Waals surface area contributed by atoms with Crippen LogP contribution in [0.5, 0.6) is 17.2 Å². The van der Waals surface area contributed by atoms with Crippen molar-refractivity contribution in [3.05, 3.63) is 53.6 Å². The second kappa shape index (κ2) is 9.45. The number of rotatable bonds is 8. The lowest BCUT2D eigenvalue weighted by Gasteiger charge is -2.26. The number of carbonyl (C=O) groups excluding carboxylic acids is 2. The molecule has 1 atom stereocenters. The third-order valence-electron chi connectivity index (χ3n) is 5.23. The molecule has 2 aromatic carbocycles. The smallest absolute Gasteiger partial charge is 0.261 e. The summed E-state index contributed by atoms with van der Waals surface area (Å²) in [7, 11) is 3.23. The Morgan fingerprint density at radius 1 is 1.03 bits per heavy atom. The summed E-state index contributed by atoms with van der Waals surface area (Å²) >= 11 is 0. The highest BCUT2D eigenvalue weighted by Gasteiger charge is 2.32. The van der Waals surface area contributed by atoms with Crippen LogP contribution in [0, 0.1) is 0 Å². The lowest BCUT2D eigenvalue weighted by Crippen LogP contribution is -2.34. The van der Waals surface area contributed by atoms with Crippen molar-refractivity contribution in [1.29, 1.82) is 0 Å². The van der Waals surface area contributed by atoms with E-state index in [0.29, 0.717) is 30.0 Å². The standard InChI is InChI=1S/C23H27NO5/c1-4-21(25)16-7-9-17(10-8-16)29-15-23(26)24-13-5-6-20(24)19-12-11-18(27-2)14-22(19)28-3/h7-12,14,20H,4-6,13,15H2,1-3H3/t20-/m1/s1. The molecule has 29 heavy (non-hydrogen) atoms. The van der Waals surface area contributed by atoms with Crippen molar-refractivity contribution >= 4 is 11.7 Å². The number of amides is 1. The monoisotopic (exact) mass is 397 g/mol. The van der Waals surface area contributed by atoms with Crippen molar-refractivity contribution in [2.75, 3.05) is 27.4 Å². The normalized spacial score (nSPS) is 15.8. The minimum atomic E-state index is -0.0703. The second-order valence-electron chi connectivity index (χ2n) is 6.94. The Balaban J connectivity index is 1.67. The van der Waals surface area contributed by atoms with Gasteiger partial charge in [0, 0.05) is 30.2 Å². The molecule has 154 valence electrons. The summed E-state index contributed by atoms with van der Waals surface area (Å²) in [4.78, 5) is 26.4. The summed E-state index contributed by atoms with van der Waals surface area (Å²) in [5.41, 5.74) is 1.62. The van der Waals surface area contributed by atoms with Gasteiger partial charge in [0.25, 0.3) is 5.91 Å². The fourth-order valence-corrected chi connectivity index (χ4v) is 3.65. The molecule has 6 nitrogen and oxygen atoms in total. The predicted octanol–water partition coefficient (Wildman–Crippen LogP) is 4.04. The Hall–Kier alpha value is -3.02. The Labute approximate surface area is 171 Å². The van der Waals surface area contributed by atoms with Gasteiger partial charge in [-0.3, -0.25) is 9.59 Å². The molecule has 0 radical (unpaired) electrons. The number of ketones is 1. The second-order valence-corrected chi connectivity index (χ2v) is 6.94. The molecule has 2 aromatic rings. The molecule has 0 saturated carbocycles. The molecule has 0 N–H and O–H groups in total. The largest absolute Gasteiger partial charge is 0.497 e. The first-order chi connectivity index (χ1) is 14.1. The van der Waals surface area contributed by atoms with E-state index in [9.17, 15) is 9.59 Å². The van der Waals surface area contributed by atoms with Crippen molar-refractivity contribution in [3.63, 3.8) is 0 Å². The van der Waals surface area contributed by atoms with Crippen LogP contribution in [0.2, 0.25) is 0 Å². The van der Waals surface area contributed by atoms with Gasteiger partial charge in [-0.25, -0.2) is 0 Å². The van der Waals surface area contributed by atoms with Crippen LogP contribution in [0.1, 0.15) is 48.1 Å². The minimum Gasteiger partial charge on any atom is -0.497 e. The number of Topliss-reactive ketones (excluding diaryl/α,β-unsaturated/α-hetero) is 1. The van der Waals surface area contributed by atoms with E-state index in [4.69, 9.17) is 14.2 Å². The summed E-state index contributed by atoms with van der Waals surface area (Å²) < 4.78 is 16.5.